The second-order valence-electron chi connectivity index (χ2n) is 6.39. The Kier molecular flexibility index (Phi) is 4.65. The molecular formula is C20H20N2O3. The van der Waals surface area contributed by atoms with Gasteiger partial charge in [-0.1, -0.05) is 42.5 Å². The summed E-state index contributed by atoms with van der Waals surface area (Å²) in [7, 11) is 0. The SMILES string of the molecule is CC(C)NC(=O)[C@@H](Cc1ccccc1)N1C(=O)c2ccccc2C1=O. The normalized spacial score (nSPS) is 14.6. The average Bonchev–Trinajstić information content (AvgIpc) is 2.85. The van der Waals surface area contributed by atoms with Gasteiger partial charge in [-0.25, -0.2) is 0 Å². The first-order chi connectivity index (χ1) is 12.0. The van der Waals surface area contributed by atoms with E-state index in [0.717, 1.165) is 10.5 Å². The lowest BCUT2D eigenvalue weighted by Gasteiger charge is -2.26. The minimum absolute atomic E-state index is 0.0824. The molecule has 25 heavy (non-hydrogen) atoms. The summed E-state index contributed by atoms with van der Waals surface area (Å²) in [4.78, 5) is 39.3. The molecule has 3 amide bonds. The Balaban J connectivity index is 1.96. The van der Waals surface area contributed by atoms with Crippen LogP contribution in [0.4, 0.5) is 0 Å². The van der Waals surface area contributed by atoms with Crippen molar-refractivity contribution in [3.63, 3.8) is 0 Å². The Labute approximate surface area is 146 Å². The molecule has 0 saturated carbocycles. The fourth-order valence-electron chi connectivity index (χ4n) is 3.01. The molecule has 1 atom stereocenters. The fraction of sp³-hybridized carbons (Fsp3) is 0.250. The molecule has 1 aliphatic rings. The van der Waals surface area contributed by atoms with Crippen molar-refractivity contribution in [2.24, 2.45) is 0 Å². The van der Waals surface area contributed by atoms with E-state index in [1.54, 1.807) is 24.3 Å². The molecular weight excluding hydrogens is 316 g/mol. The topological polar surface area (TPSA) is 66.5 Å². The molecule has 128 valence electrons. The molecule has 1 aliphatic heterocycles. The number of benzene rings is 2. The van der Waals surface area contributed by atoms with Crippen LogP contribution in [0.1, 0.15) is 40.1 Å². The molecule has 0 saturated heterocycles. The second kappa shape index (κ2) is 6.89. The van der Waals surface area contributed by atoms with Crippen molar-refractivity contribution >= 4 is 17.7 Å². The summed E-state index contributed by atoms with van der Waals surface area (Å²) < 4.78 is 0. The summed E-state index contributed by atoms with van der Waals surface area (Å²) in [5.74, 6) is -1.16. The molecule has 1 heterocycles. The maximum Gasteiger partial charge on any atom is 0.262 e. The predicted octanol–water partition coefficient (Wildman–Crippen LogP) is 2.42. The number of carbonyl (C=O) groups excluding carboxylic acids is 3. The maximum atomic E-state index is 12.8. The van der Waals surface area contributed by atoms with Crippen LogP contribution in [0.2, 0.25) is 0 Å². The van der Waals surface area contributed by atoms with Crippen LogP contribution in [0.15, 0.2) is 54.6 Å². The number of rotatable bonds is 5. The van der Waals surface area contributed by atoms with Crippen LogP contribution in [0, 0.1) is 0 Å². The van der Waals surface area contributed by atoms with Crippen LogP contribution in [0.3, 0.4) is 0 Å². The van der Waals surface area contributed by atoms with Crippen molar-refractivity contribution in [1.82, 2.24) is 10.2 Å². The van der Waals surface area contributed by atoms with E-state index >= 15 is 0 Å². The molecule has 2 aromatic rings. The van der Waals surface area contributed by atoms with Gasteiger partial charge < -0.3 is 5.32 Å². The Hall–Kier alpha value is -2.95. The van der Waals surface area contributed by atoms with E-state index in [4.69, 9.17) is 0 Å². The van der Waals surface area contributed by atoms with Gasteiger partial charge in [0.05, 0.1) is 11.1 Å². The third kappa shape index (κ3) is 3.31. The highest BCUT2D eigenvalue weighted by Gasteiger charge is 2.42. The minimum atomic E-state index is -0.878. The van der Waals surface area contributed by atoms with Gasteiger partial charge in [0.15, 0.2) is 0 Å². The zero-order valence-corrected chi connectivity index (χ0v) is 14.2. The molecule has 2 aromatic carbocycles. The predicted molar refractivity (Wildman–Crippen MR) is 94.2 cm³/mol. The van der Waals surface area contributed by atoms with Crippen LogP contribution < -0.4 is 5.32 Å². The first kappa shape index (κ1) is 16.9. The van der Waals surface area contributed by atoms with E-state index in [0.29, 0.717) is 11.1 Å². The van der Waals surface area contributed by atoms with Gasteiger partial charge in [-0.05, 0) is 31.5 Å². The number of hydrogen-bond acceptors (Lipinski definition) is 3. The summed E-state index contributed by atoms with van der Waals surface area (Å²) in [6.07, 6.45) is 0.283. The molecule has 0 radical (unpaired) electrons. The lowest BCUT2D eigenvalue weighted by molar-refractivity contribution is -0.125. The van der Waals surface area contributed by atoms with Crippen molar-refractivity contribution in [2.75, 3.05) is 0 Å². The van der Waals surface area contributed by atoms with Crippen LogP contribution in [-0.4, -0.2) is 34.7 Å². The van der Waals surface area contributed by atoms with Crippen molar-refractivity contribution in [3.8, 4) is 0 Å². The van der Waals surface area contributed by atoms with Crippen LogP contribution in [0.25, 0.3) is 0 Å². The third-order valence-corrected chi connectivity index (χ3v) is 4.14. The van der Waals surface area contributed by atoms with Crippen LogP contribution in [-0.2, 0) is 11.2 Å². The molecule has 5 nitrogen and oxygen atoms in total. The largest absolute Gasteiger partial charge is 0.352 e. The van der Waals surface area contributed by atoms with E-state index in [2.05, 4.69) is 5.32 Å². The maximum absolute atomic E-state index is 12.8. The molecule has 1 N–H and O–H groups in total. The number of carbonyl (C=O) groups is 3. The van der Waals surface area contributed by atoms with Gasteiger partial charge in [0.25, 0.3) is 11.8 Å². The van der Waals surface area contributed by atoms with Crippen LogP contribution >= 0.6 is 0 Å². The van der Waals surface area contributed by atoms with Gasteiger partial charge >= 0.3 is 0 Å². The zero-order chi connectivity index (χ0) is 18.0. The number of nitrogens with zero attached hydrogens (tertiary/aromatic N) is 1. The molecule has 0 spiro atoms. The van der Waals surface area contributed by atoms with Crippen molar-refractivity contribution in [3.05, 3.63) is 71.3 Å². The van der Waals surface area contributed by atoms with Crippen molar-refractivity contribution in [2.45, 2.75) is 32.4 Å². The minimum Gasteiger partial charge on any atom is -0.352 e. The lowest BCUT2D eigenvalue weighted by Crippen LogP contribution is -2.52. The van der Waals surface area contributed by atoms with E-state index in [9.17, 15) is 14.4 Å². The Morgan fingerprint density at radius 3 is 1.96 bits per heavy atom. The van der Waals surface area contributed by atoms with E-state index in [-0.39, 0.29) is 18.4 Å². The molecule has 0 bridgehead atoms. The summed E-state index contributed by atoms with van der Waals surface area (Å²) in [5.41, 5.74) is 1.59. The molecule has 3 rings (SSSR count). The standard InChI is InChI=1S/C20H20N2O3/c1-13(2)21-18(23)17(12-14-8-4-3-5-9-14)22-19(24)15-10-6-7-11-16(15)20(22)25/h3-11,13,17H,12H2,1-2H3,(H,21,23)/t17-/m1/s1. The average molecular weight is 336 g/mol. The lowest BCUT2D eigenvalue weighted by atomic mass is 10.0. The highest BCUT2D eigenvalue weighted by Crippen LogP contribution is 2.26. The van der Waals surface area contributed by atoms with E-state index in [1.165, 1.54) is 0 Å². The number of nitrogens with one attached hydrogen (secondary N) is 1. The summed E-state index contributed by atoms with van der Waals surface area (Å²) in [6, 6.07) is 15.1. The van der Waals surface area contributed by atoms with Gasteiger partial charge in [-0.3, -0.25) is 19.3 Å². The Bertz CT molecular complexity index is 780. The highest BCUT2D eigenvalue weighted by molar-refractivity contribution is 6.22. The molecule has 5 heteroatoms. The third-order valence-electron chi connectivity index (χ3n) is 4.14. The van der Waals surface area contributed by atoms with Gasteiger partial charge in [0, 0.05) is 12.5 Å². The number of hydrogen-bond donors (Lipinski definition) is 1. The molecule has 0 aromatic heterocycles. The Morgan fingerprint density at radius 2 is 1.44 bits per heavy atom. The van der Waals surface area contributed by atoms with Crippen LogP contribution in [0.5, 0.6) is 0 Å². The van der Waals surface area contributed by atoms with Gasteiger partial charge in [0.2, 0.25) is 5.91 Å². The number of fused-ring (bicyclic) bond motifs is 1. The van der Waals surface area contributed by atoms with Crippen molar-refractivity contribution in [1.29, 1.82) is 0 Å². The zero-order valence-electron chi connectivity index (χ0n) is 14.2. The number of imide groups is 1. The summed E-state index contributed by atoms with van der Waals surface area (Å²) in [5, 5.41) is 2.82. The second-order valence-corrected chi connectivity index (χ2v) is 6.39. The summed E-state index contributed by atoms with van der Waals surface area (Å²) >= 11 is 0. The molecule has 0 aliphatic carbocycles. The monoisotopic (exact) mass is 336 g/mol. The first-order valence-corrected chi connectivity index (χ1v) is 8.30. The van der Waals surface area contributed by atoms with E-state index < -0.39 is 17.9 Å². The quantitative estimate of drug-likeness (QED) is 0.853. The smallest absolute Gasteiger partial charge is 0.262 e. The number of amides is 3. The molecule has 0 unspecified atom stereocenters. The fourth-order valence-corrected chi connectivity index (χ4v) is 3.01. The first-order valence-electron chi connectivity index (χ1n) is 8.30. The van der Waals surface area contributed by atoms with E-state index in [1.807, 2.05) is 44.2 Å². The summed E-state index contributed by atoms with van der Waals surface area (Å²) in [6.45, 7) is 3.69. The Morgan fingerprint density at radius 1 is 0.920 bits per heavy atom. The van der Waals surface area contributed by atoms with Crippen molar-refractivity contribution < 1.29 is 14.4 Å². The van der Waals surface area contributed by atoms with Gasteiger partial charge in [0.1, 0.15) is 6.04 Å². The highest BCUT2D eigenvalue weighted by atomic mass is 16.2. The molecule has 0 fully saturated rings. The van der Waals surface area contributed by atoms with Gasteiger partial charge in [-0.15, -0.1) is 0 Å². The van der Waals surface area contributed by atoms with Gasteiger partial charge in [-0.2, -0.15) is 0 Å².